The number of nitrogens with one attached hydrogen (secondary N) is 2. The summed E-state index contributed by atoms with van der Waals surface area (Å²) in [5, 5.41) is 8.54. The minimum absolute atomic E-state index is 0.126. The molecular formula is C20H20N6O2S. The first-order valence-corrected chi connectivity index (χ1v) is 9.87. The van der Waals surface area contributed by atoms with Gasteiger partial charge in [-0.2, -0.15) is 5.10 Å². The number of nitrogens with zero attached hydrogens (tertiary/aromatic N) is 4. The van der Waals surface area contributed by atoms with Crippen LogP contribution in [0.25, 0.3) is 16.7 Å². The number of amides is 1. The Morgan fingerprint density at radius 3 is 2.72 bits per heavy atom. The third-order valence-electron chi connectivity index (χ3n) is 4.40. The lowest BCUT2D eigenvalue weighted by molar-refractivity contribution is 0.103. The third-order valence-corrected chi connectivity index (χ3v) is 5.98. The number of fused-ring (bicyclic) bond motifs is 1. The van der Waals surface area contributed by atoms with Crippen molar-refractivity contribution in [2.24, 2.45) is 0 Å². The van der Waals surface area contributed by atoms with Crippen LogP contribution < -0.4 is 10.9 Å². The fourth-order valence-corrected chi connectivity index (χ4v) is 3.92. The monoisotopic (exact) mass is 408 g/mol. The number of hydrogen-bond donors (Lipinski definition) is 2. The van der Waals surface area contributed by atoms with Gasteiger partial charge in [-0.05, 0) is 19.1 Å². The van der Waals surface area contributed by atoms with Crippen LogP contribution in [0.1, 0.15) is 41.1 Å². The molecule has 148 valence electrons. The second-order valence-electron chi connectivity index (χ2n) is 7.68. The molecule has 0 saturated carbocycles. The van der Waals surface area contributed by atoms with E-state index in [2.05, 4.69) is 46.1 Å². The summed E-state index contributed by atoms with van der Waals surface area (Å²) in [6, 6.07) is 7.26. The van der Waals surface area contributed by atoms with Gasteiger partial charge in [-0.15, -0.1) is 11.3 Å². The highest BCUT2D eigenvalue weighted by Gasteiger charge is 2.24. The smallest absolute Gasteiger partial charge is 0.267 e. The van der Waals surface area contributed by atoms with Crippen LogP contribution in [0.2, 0.25) is 0 Å². The lowest BCUT2D eigenvalue weighted by Crippen LogP contribution is -2.14. The number of rotatable bonds is 3. The molecule has 0 aliphatic heterocycles. The summed E-state index contributed by atoms with van der Waals surface area (Å²) >= 11 is 1.40. The lowest BCUT2D eigenvalue weighted by Gasteiger charge is -2.13. The number of para-hydroxylation sites is 2. The van der Waals surface area contributed by atoms with Crippen molar-refractivity contribution in [2.45, 2.75) is 33.1 Å². The van der Waals surface area contributed by atoms with Crippen LogP contribution in [0.3, 0.4) is 0 Å². The largest absolute Gasteiger partial charge is 0.319 e. The summed E-state index contributed by atoms with van der Waals surface area (Å²) in [6.45, 7) is 8.04. The first kappa shape index (κ1) is 19.0. The molecule has 0 spiro atoms. The van der Waals surface area contributed by atoms with E-state index in [0.717, 1.165) is 5.01 Å². The van der Waals surface area contributed by atoms with Gasteiger partial charge < -0.3 is 10.3 Å². The minimum Gasteiger partial charge on any atom is -0.319 e. The van der Waals surface area contributed by atoms with Crippen molar-refractivity contribution in [1.82, 2.24) is 24.7 Å². The summed E-state index contributed by atoms with van der Waals surface area (Å²) in [4.78, 5) is 36.8. The molecule has 1 aromatic carbocycles. The van der Waals surface area contributed by atoms with E-state index in [0.29, 0.717) is 33.0 Å². The molecule has 29 heavy (non-hydrogen) atoms. The van der Waals surface area contributed by atoms with E-state index in [9.17, 15) is 9.59 Å². The number of anilines is 1. The molecule has 8 nitrogen and oxygen atoms in total. The third kappa shape index (κ3) is 3.44. The molecule has 0 aliphatic rings. The summed E-state index contributed by atoms with van der Waals surface area (Å²) in [7, 11) is 0. The highest BCUT2D eigenvalue weighted by atomic mass is 32.1. The average Bonchev–Trinajstić information content (AvgIpc) is 3.27. The van der Waals surface area contributed by atoms with Crippen molar-refractivity contribution in [3.8, 4) is 5.69 Å². The number of carbonyl (C=O) groups is 1. The van der Waals surface area contributed by atoms with Gasteiger partial charge in [-0.25, -0.2) is 14.6 Å². The lowest BCUT2D eigenvalue weighted by atomic mass is 9.98. The van der Waals surface area contributed by atoms with Gasteiger partial charge in [0.25, 0.3) is 11.5 Å². The first-order chi connectivity index (χ1) is 13.8. The predicted octanol–water partition coefficient (Wildman–Crippen LogP) is 3.42. The van der Waals surface area contributed by atoms with E-state index >= 15 is 0 Å². The van der Waals surface area contributed by atoms with Gasteiger partial charge in [0.05, 0.1) is 34.6 Å². The summed E-state index contributed by atoms with van der Waals surface area (Å²) < 4.78 is 1.54. The molecule has 9 heteroatoms. The summed E-state index contributed by atoms with van der Waals surface area (Å²) in [5.41, 5.74) is 1.91. The highest BCUT2D eigenvalue weighted by Crippen LogP contribution is 2.30. The Morgan fingerprint density at radius 1 is 1.24 bits per heavy atom. The molecule has 0 unspecified atom stereocenters. The van der Waals surface area contributed by atoms with Crippen molar-refractivity contribution in [3.05, 3.63) is 62.7 Å². The van der Waals surface area contributed by atoms with Crippen LogP contribution in [-0.2, 0) is 5.41 Å². The zero-order chi connectivity index (χ0) is 20.8. The van der Waals surface area contributed by atoms with Crippen LogP contribution in [0, 0.1) is 6.92 Å². The first-order valence-electron chi connectivity index (χ1n) is 9.06. The van der Waals surface area contributed by atoms with Crippen molar-refractivity contribution in [3.63, 3.8) is 0 Å². The van der Waals surface area contributed by atoms with Gasteiger partial charge in [-0.3, -0.25) is 9.59 Å². The molecule has 4 rings (SSSR count). The molecule has 0 saturated heterocycles. The number of aryl methyl sites for hydroxylation is 1. The molecular weight excluding hydrogens is 388 g/mol. The normalized spacial score (nSPS) is 11.7. The van der Waals surface area contributed by atoms with Crippen molar-refractivity contribution in [1.29, 1.82) is 0 Å². The Bertz CT molecular complexity index is 1280. The van der Waals surface area contributed by atoms with E-state index in [1.807, 2.05) is 25.1 Å². The number of aromatic nitrogens is 5. The second-order valence-corrected chi connectivity index (χ2v) is 8.68. The van der Waals surface area contributed by atoms with Gasteiger partial charge in [-0.1, -0.05) is 32.9 Å². The van der Waals surface area contributed by atoms with Gasteiger partial charge >= 0.3 is 0 Å². The fourth-order valence-electron chi connectivity index (χ4n) is 2.90. The van der Waals surface area contributed by atoms with Gasteiger partial charge in [0, 0.05) is 5.41 Å². The molecule has 0 bridgehead atoms. The van der Waals surface area contributed by atoms with E-state index < -0.39 is 0 Å². The molecule has 1 amide bonds. The predicted molar refractivity (Wildman–Crippen MR) is 113 cm³/mol. The fraction of sp³-hybridized carbons (Fsp3) is 0.250. The van der Waals surface area contributed by atoms with E-state index in [1.165, 1.54) is 23.9 Å². The molecule has 3 aromatic heterocycles. The molecule has 4 aromatic rings. The maximum atomic E-state index is 13.0. The quantitative estimate of drug-likeness (QED) is 0.540. The Hall–Kier alpha value is -3.33. The zero-order valence-corrected chi connectivity index (χ0v) is 17.3. The Kier molecular flexibility index (Phi) is 4.54. The van der Waals surface area contributed by atoms with Crippen molar-refractivity contribution in [2.75, 3.05) is 5.32 Å². The number of benzene rings is 1. The SMILES string of the molecule is Cc1nc(C(C)(C)C)sc1C(=O)Nc1ccccc1-n1ncc2c(=O)[nH]cnc21. The number of H-pyrrole nitrogens is 1. The van der Waals surface area contributed by atoms with Crippen LogP contribution in [0.4, 0.5) is 5.69 Å². The molecule has 0 fully saturated rings. The zero-order valence-electron chi connectivity index (χ0n) is 16.5. The molecule has 0 atom stereocenters. The van der Waals surface area contributed by atoms with Crippen LogP contribution >= 0.6 is 11.3 Å². The minimum atomic E-state index is -0.266. The average molecular weight is 408 g/mol. The number of thiazole rings is 1. The number of aromatic amines is 1. The highest BCUT2D eigenvalue weighted by molar-refractivity contribution is 7.14. The van der Waals surface area contributed by atoms with E-state index in [1.54, 1.807) is 10.7 Å². The van der Waals surface area contributed by atoms with E-state index in [4.69, 9.17) is 0 Å². The summed E-state index contributed by atoms with van der Waals surface area (Å²) in [5.74, 6) is -0.231. The molecule has 0 aliphatic carbocycles. The summed E-state index contributed by atoms with van der Waals surface area (Å²) in [6.07, 6.45) is 2.79. The standard InChI is InChI=1S/C20H20N6O2S/c1-11-15(29-19(24-11)20(2,3)4)18(28)25-13-7-5-6-8-14(13)26-16-12(9-23-26)17(27)22-10-21-16/h5-10H,1-4H3,(H,25,28)(H,21,22,27). The van der Waals surface area contributed by atoms with Gasteiger partial charge in [0.1, 0.15) is 10.3 Å². The van der Waals surface area contributed by atoms with Gasteiger partial charge in [0.15, 0.2) is 5.65 Å². The molecule has 2 N–H and O–H groups in total. The molecule has 3 heterocycles. The Morgan fingerprint density at radius 2 is 2.00 bits per heavy atom. The maximum absolute atomic E-state index is 13.0. The number of hydrogen-bond acceptors (Lipinski definition) is 6. The van der Waals surface area contributed by atoms with Crippen LogP contribution in [0.5, 0.6) is 0 Å². The second kappa shape index (κ2) is 6.93. The van der Waals surface area contributed by atoms with Gasteiger partial charge in [0.2, 0.25) is 0 Å². The maximum Gasteiger partial charge on any atom is 0.267 e. The van der Waals surface area contributed by atoms with Crippen molar-refractivity contribution < 1.29 is 4.79 Å². The van der Waals surface area contributed by atoms with Crippen LogP contribution in [0.15, 0.2) is 41.6 Å². The molecule has 0 radical (unpaired) electrons. The Balaban J connectivity index is 1.73. The Labute approximate surface area is 170 Å². The number of carbonyl (C=O) groups excluding carboxylic acids is 1. The topological polar surface area (TPSA) is 106 Å². The van der Waals surface area contributed by atoms with Crippen LogP contribution in [-0.4, -0.2) is 30.6 Å². The van der Waals surface area contributed by atoms with E-state index in [-0.39, 0.29) is 16.9 Å². The van der Waals surface area contributed by atoms with Crippen molar-refractivity contribution >= 4 is 34.0 Å².